The lowest BCUT2D eigenvalue weighted by molar-refractivity contribution is 1.07. The Balaban J connectivity index is 1.07. The maximum absolute atomic E-state index is 5.30. The number of fused-ring (bicyclic) bond motifs is 10. The average molecular weight is 840 g/mol. The molecule has 0 aliphatic rings. The van der Waals surface area contributed by atoms with Crippen LogP contribution in [0, 0.1) is 0 Å². The molecule has 10 aromatic carbocycles. The molecule has 0 spiro atoms. The van der Waals surface area contributed by atoms with Crippen molar-refractivity contribution in [3.63, 3.8) is 0 Å². The average Bonchev–Trinajstić information content (AvgIpc) is 3.40. The maximum atomic E-state index is 5.30. The van der Waals surface area contributed by atoms with Crippen LogP contribution in [0.2, 0.25) is 0 Å². The van der Waals surface area contributed by atoms with E-state index in [4.69, 9.17) is 19.9 Å². The van der Waals surface area contributed by atoms with Crippen molar-refractivity contribution in [2.24, 2.45) is 0 Å². The highest BCUT2D eigenvalue weighted by molar-refractivity contribution is 6.26. The van der Waals surface area contributed by atoms with E-state index in [1.807, 2.05) is 48.8 Å². The first-order chi connectivity index (χ1) is 32.7. The second-order valence-electron chi connectivity index (χ2n) is 16.8. The highest BCUT2D eigenvalue weighted by Crippen LogP contribution is 2.42. The minimum atomic E-state index is 0.600. The van der Waals surface area contributed by atoms with E-state index in [9.17, 15) is 0 Å². The van der Waals surface area contributed by atoms with Gasteiger partial charge in [0.2, 0.25) is 0 Å². The summed E-state index contributed by atoms with van der Waals surface area (Å²) in [6.07, 6.45) is 3.81. The quantitative estimate of drug-likeness (QED) is 0.156. The molecule has 3 aromatic heterocycles. The SMILES string of the molecule is c1ccc(-c2nc(-c3ccccc3)nc(-c3cc(-c4ccc5c6ccccc6c6ccccc6c5c4)cc(-c4cccc5c(-c6nc7ccccc7c7ccncc67)cccc45)c3)n2)cc1. The molecule has 13 aromatic rings. The number of benzene rings is 10. The van der Waals surface area contributed by atoms with Crippen molar-refractivity contribution in [3.05, 3.63) is 225 Å². The summed E-state index contributed by atoms with van der Waals surface area (Å²) in [5, 5.41) is 12.9. The monoisotopic (exact) mass is 839 g/mol. The van der Waals surface area contributed by atoms with Gasteiger partial charge in [-0.15, -0.1) is 0 Å². The first-order valence-electron chi connectivity index (χ1n) is 22.2. The van der Waals surface area contributed by atoms with Gasteiger partial charge in [-0.05, 0) is 107 Å². The van der Waals surface area contributed by atoms with Gasteiger partial charge in [0.25, 0.3) is 0 Å². The standard InChI is InChI=1S/C61H37N5/c1-3-15-38(16-4-1)59-64-60(39-17-5-2-6-18-39)66-61(65-59)43-34-41(40-29-30-51-48-21-8-7-19-46(48)47-20-9-10-22-50(47)55(51)36-40)33-42(35-43)44-24-13-26-49-45(44)25-14-27-54(49)58-56-37-62-32-31-52(56)53-23-11-12-28-57(53)63-58/h1-37H. The molecule has 0 aliphatic carbocycles. The third-order valence-electron chi connectivity index (χ3n) is 13.0. The summed E-state index contributed by atoms with van der Waals surface area (Å²) in [7, 11) is 0. The lowest BCUT2D eigenvalue weighted by Crippen LogP contribution is -2.00. The van der Waals surface area contributed by atoms with Gasteiger partial charge in [-0.2, -0.15) is 0 Å². The van der Waals surface area contributed by atoms with Crippen LogP contribution in [0.4, 0.5) is 0 Å². The van der Waals surface area contributed by atoms with Crippen LogP contribution >= 0.6 is 0 Å². The van der Waals surface area contributed by atoms with Crippen molar-refractivity contribution in [1.82, 2.24) is 24.9 Å². The van der Waals surface area contributed by atoms with Crippen LogP contribution in [-0.4, -0.2) is 24.9 Å². The molecule has 306 valence electrons. The first-order valence-corrected chi connectivity index (χ1v) is 22.2. The van der Waals surface area contributed by atoms with Gasteiger partial charge < -0.3 is 0 Å². The molecule has 0 aliphatic heterocycles. The van der Waals surface area contributed by atoms with Gasteiger partial charge in [0.1, 0.15) is 0 Å². The molecular weight excluding hydrogens is 803 g/mol. The molecule has 5 nitrogen and oxygen atoms in total. The Morgan fingerprint density at radius 2 is 0.727 bits per heavy atom. The summed E-state index contributed by atoms with van der Waals surface area (Å²) < 4.78 is 0. The predicted octanol–water partition coefficient (Wildman–Crippen LogP) is 15.6. The third kappa shape index (κ3) is 6.28. The Hall–Kier alpha value is -8.93. The van der Waals surface area contributed by atoms with Gasteiger partial charge in [0.15, 0.2) is 17.5 Å². The number of rotatable bonds is 6. The zero-order valence-corrected chi connectivity index (χ0v) is 35.6. The molecule has 0 bridgehead atoms. The molecule has 0 saturated carbocycles. The lowest BCUT2D eigenvalue weighted by Gasteiger charge is -2.16. The molecule has 5 heteroatoms. The van der Waals surface area contributed by atoms with Gasteiger partial charge in [-0.1, -0.05) is 176 Å². The fourth-order valence-electron chi connectivity index (χ4n) is 9.87. The molecule has 3 heterocycles. The van der Waals surface area contributed by atoms with Gasteiger partial charge in [0, 0.05) is 45.4 Å². The Morgan fingerprint density at radius 1 is 0.242 bits per heavy atom. The first kappa shape index (κ1) is 37.6. The highest BCUT2D eigenvalue weighted by atomic mass is 15.0. The summed E-state index contributed by atoms with van der Waals surface area (Å²) in [6, 6.07) is 75.1. The second-order valence-corrected chi connectivity index (χ2v) is 16.8. The van der Waals surface area contributed by atoms with Crippen LogP contribution in [0.15, 0.2) is 225 Å². The van der Waals surface area contributed by atoms with Crippen LogP contribution in [-0.2, 0) is 0 Å². The summed E-state index contributed by atoms with van der Waals surface area (Å²) in [4.78, 5) is 25.4. The van der Waals surface area contributed by atoms with E-state index in [-0.39, 0.29) is 0 Å². The van der Waals surface area contributed by atoms with E-state index in [1.165, 1.54) is 32.3 Å². The molecule has 13 rings (SSSR count). The molecule has 0 saturated heterocycles. The third-order valence-corrected chi connectivity index (χ3v) is 13.0. The predicted molar refractivity (Wildman–Crippen MR) is 273 cm³/mol. The van der Waals surface area contributed by atoms with E-state index < -0.39 is 0 Å². The van der Waals surface area contributed by atoms with Gasteiger partial charge in [-0.25, -0.2) is 19.9 Å². The van der Waals surface area contributed by atoms with E-state index in [0.717, 1.165) is 82.6 Å². The Morgan fingerprint density at radius 3 is 1.39 bits per heavy atom. The minimum Gasteiger partial charge on any atom is -0.264 e. The van der Waals surface area contributed by atoms with Crippen LogP contribution < -0.4 is 0 Å². The topological polar surface area (TPSA) is 64.5 Å². The summed E-state index contributed by atoms with van der Waals surface area (Å²) in [5.74, 6) is 1.84. The molecule has 0 radical (unpaired) electrons. The molecule has 0 amide bonds. The Labute approximate surface area is 380 Å². The van der Waals surface area contributed by atoms with Crippen LogP contribution in [0.3, 0.4) is 0 Å². The van der Waals surface area contributed by atoms with Gasteiger partial charge in [-0.3, -0.25) is 4.98 Å². The second kappa shape index (κ2) is 15.4. The van der Waals surface area contributed by atoms with Crippen molar-refractivity contribution in [2.45, 2.75) is 0 Å². The maximum Gasteiger partial charge on any atom is 0.164 e. The number of aromatic nitrogens is 5. The molecule has 0 unspecified atom stereocenters. The summed E-state index contributed by atoms with van der Waals surface area (Å²) >= 11 is 0. The molecule has 0 atom stereocenters. The van der Waals surface area contributed by atoms with Crippen molar-refractivity contribution in [2.75, 3.05) is 0 Å². The van der Waals surface area contributed by atoms with Crippen LogP contribution in [0.5, 0.6) is 0 Å². The fraction of sp³-hybridized carbons (Fsp3) is 0. The molecule has 0 N–H and O–H groups in total. The highest BCUT2D eigenvalue weighted by Gasteiger charge is 2.19. The van der Waals surface area contributed by atoms with Crippen LogP contribution in [0.1, 0.15) is 0 Å². The fourth-order valence-corrected chi connectivity index (χ4v) is 9.87. The number of nitrogens with zero attached hydrogens (tertiary/aromatic N) is 5. The summed E-state index contributed by atoms with van der Waals surface area (Å²) in [5.41, 5.74) is 9.98. The normalized spacial score (nSPS) is 11.6. The number of hydrogen-bond donors (Lipinski definition) is 0. The van der Waals surface area contributed by atoms with Crippen molar-refractivity contribution in [3.8, 4) is 67.7 Å². The number of hydrogen-bond acceptors (Lipinski definition) is 5. The Kier molecular flexibility index (Phi) is 8.78. The summed E-state index contributed by atoms with van der Waals surface area (Å²) in [6.45, 7) is 0. The smallest absolute Gasteiger partial charge is 0.164 e. The largest absolute Gasteiger partial charge is 0.264 e. The molecule has 66 heavy (non-hydrogen) atoms. The number of para-hydroxylation sites is 1. The number of pyridine rings is 2. The van der Waals surface area contributed by atoms with E-state index in [0.29, 0.717) is 17.5 Å². The van der Waals surface area contributed by atoms with Crippen molar-refractivity contribution in [1.29, 1.82) is 0 Å². The van der Waals surface area contributed by atoms with E-state index in [2.05, 4.69) is 181 Å². The molecule has 0 fully saturated rings. The van der Waals surface area contributed by atoms with Gasteiger partial charge >= 0.3 is 0 Å². The van der Waals surface area contributed by atoms with E-state index in [1.54, 1.807) is 0 Å². The lowest BCUT2D eigenvalue weighted by atomic mass is 9.89. The van der Waals surface area contributed by atoms with Crippen molar-refractivity contribution < 1.29 is 0 Å². The van der Waals surface area contributed by atoms with Crippen molar-refractivity contribution >= 4 is 64.8 Å². The zero-order valence-electron chi connectivity index (χ0n) is 35.6. The van der Waals surface area contributed by atoms with Crippen LogP contribution in [0.25, 0.3) is 132 Å². The minimum absolute atomic E-state index is 0.600. The zero-order chi connectivity index (χ0) is 43.6. The molecular formula is C61H37N5. The Bertz CT molecular complexity index is 3960. The van der Waals surface area contributed by atoms with Gasteiger partial charge in [0.05, 0.1) is 11.2 Å². The van der Waals surface area contributed by atoms with E-state index >= 15 is 0 Å².